The van der Waals surface area contributed by atoms with E-state index in [1.165, 1.54) is 25.6 Å². The molecule has 2 heterocycles. The summed E-state index contributed by atoms with van der Waals surface area (Å²) >= 11 is 0. The van der Waals surface area contributed by atoms with Gasteiger partial charge in [0.05, 0.1) is 23.8 Å². The Morgan fingerprint density at radius 3 is 2.46 bits per heavy atom. The fourth-order valence-electron chi connectivity index (χ4n) is 2.66. The van der Waals surface area contributed by atoms with Gasteiger partial charge in [-0.3, -0.25) is 9.78 Å². The maximum absolute atomic E-state index is 13.0. The molecular weight excluding hydrogens is 338 g/mol. The second-order valence-electron chi connectivity index (χ2n) is 6.69. The van der Waals surface area contributed by atoms with Crippen LogP contribution in [-0.2, 0) is 9.47 Å². The van der Waals surface area contributed by atoms with Crippen molar-refractivity contribution in [1.82, 2.24) is 9.66 Å². The maximum atomic E-state index is 13.0. The van der Waals surface area contributed by atoms with Crippen LogP contribution in [0.4, 0.5) is 4.79 Å². The molecule has 26 heavy (non-hydrogen) atoms. The van der Waals surface area contributed by atoms with Gasteiger partial charge in [-0.25, -0.2) is 19.3 Å². The average Bonchev–Trinajstić information content (AvgIpc) is 2.56. The lowest BCUT2D eigenvalue weighted by atomic mass is 10.1. The lowest BCUT2D eigenvalue weighted by molar-refractivity contribution is 0.0531. The summed E-state index contributed by atoms with van der Waals surface area (Å²) in [7, 11) is 1.25. The highest BCUT2D eigenvalue weighted by molar-refractivity contribution is 6.05. The molecule has 8 nitrogen and oxygen atoms in total. The predicted molar refractivity (Wildman–Crippen MR) is 97.1 cm³/mol. The summed E-state index contributed by atoms with van der Waals surface area (Å²) < 4.78 is 11.4. The van der Waals surface area contributed by atoms with E-state index in [0.717, 1.165) is 9.69 Å². The Balaban J connectivity index is 2.79. The molecule has 1 amide bonds. The van der Waals surface area contributed by atoms with E-state index < -0.39 is 23.2 Å². The third-order valence-electron chi connectivity index (χ3n) is 3.73. The van der Waals surface area contributed by atoms with Gasteiger partial charge in [0.15, 0.2) is 0 Å². The Labute approximate surface area is 151 Å². The van der Waals surface area contributed by atoms with Crippen molar-refractivity contribution in [2.45, 2.75) is 40.2 Å². The molecule has 0 aliphatic carbocycles. The minimum absolute atomic E-state index is 0.173. The monoisotopic (exact) mass is 361 g/mol. The first-order valence-electron chi connectivity index (χ1n) is 8.20. The van der Waals surface area contributed by atoms with Crippen LogP contribution in [0.15, 0.2) is 23.3 Å². The van der Waals surface area contributed by atoms with Crippen LogP contribution in [0.3, 0.4) is 0 Å². The number of ether oxygens (including phenoxy) is 2. The number of nitrogens with zero attached hydrogens (tertiary/aromatic N) is 3. The zero-order valence-electron chi connectivity index (χ0n) is 15.8. The van der Waals surface area contributed by atoms with Gasteiger partial charge in [0.2, 0.25) is 0 Å². The molecule has 2 rings (SSSR count). The summed E-state index contributed by atoms with van der Waals surface area (Å²) in [6.45, 7) is 8.67. The Kier molecular flexibility index (Phi) is 5.34. The Morgan fingerprint density at radius 1 is 1.27 bits per heavy atom. The number of methoxy groups -OCH3 is 1. The molecule has 0 spiro atoms. The minimum atomic E-state index is -0.728. The summed E-state index contributed by atoms with van der Waals surface area (Å²) in [5, 5.41) is 1.79. The first-order chi connectivity index (χ1) is 12.1. The summed E-state index contributed by atoms with van der Waals surface area (Å²) in [6, 6.07) is 1.50. The molecule has 8 heteroatoms. The number of aromatic nitrogens is 2. The SMILES string of the molecule is CCN(C(=O)OC(C)(C)C)n1c(C)c(C(=O)OC)c2cnccc2c1=O. The minimum Gasteiger partial charge on any atom is -0.465 e. The molecule has 0 atom stereocenters. The van der Waals surface area contributed by atoms with Crippen molar-refractivity contribution in [2.24, 2.45) is 0 Å². The van der Waals surface area contributed by atoms with Crippen molar-refractivity contribution in [3.8, 4) is 0 Å². The molecule has 0 unspecified atom stereocenters. The van der Waals surface area contributed by atoms with Crippen LogP contribution in [0, 0.1) is 6.92 Å². The summed E-state index contributed by atoms with van der Waals surface area (Å²) in [4.78, 5) is 41.9. The number of pyridine rings is 2. The van der Waals surface area contributed by atoms with E-state index in [0.29, 0.717) is 5.39 Å². The van der Waals surface area contributed by atoms with Crippen LogP contribution in [0.25, 0.3) is 10.8 Å². The van der Waals surface area contributed by atoms with Crippen LogP contribution in [0.2, 0.25) is 0 Å². The topological polar surface area (TPSA) is 90.7 Å². The third-order valence-corrected chi connectivity index (χ3v) is 3.73. The predicted octanol–water partition coefficient (Wildman–Crippen LogP) is 2.38. The largest absolute Gasteiger partial charge is 0.465 e. The highest BCUT2D eigenvalue weighted by Crippen LogP contribution is 2.20. The van der Waals surface area contributed by atoms with E-state index in [1.807, 2.05) is 0 Å². The van der Waals surface area contributed by atoms with Crippen LogP contribution in [0.5, 0.6) is 0 Å². The maximum Gasteiger partial charge on any atom is 0.429 e. The number of amides is 1. The van der Waals surface area contributed by atoms with E-state index in [2.05, 4.69) is 4.98 Å². The highest BCUT2D eigenvalue weighted by Gasteiger charge is 2.28. The number of hydrogen-bond acceptors (Lipinski definition) is 6. The third kappa shape index (κ3) is 3.54. The number of carbonyl (C=O) groups is 2. The Bertz CT molecular complexity index is 911. The van der Waals surface area contributed by atoms with E-state index in [1.54, 1.807) is 34.6 Å². The van der Waals surface area contributed by atoms with Crippen LogP contribution in [-0.4, -0.2) is 41.0 Å². The van der Waals surface area contributed by atoms with Gasteiger partial charge in [-0.1, -0.05) is 0 Å². The first-order valence-corrected chi connectivity index (χ1v) is 8.20. The van der Waals surface area contributed by atoms with Gasteiger partial charge < -0.3 is 9.47 Å². The second kappa shape index (κ2) is 7.15. The molecule has 0 saturated carbocycles. The van der Waals surface area contributed by atoms with E-state index >= 15 is 0 Å². The van der Waals surface area contributed by atoms with Crippen molar-refractivity contribution in [1.29, 1.82) is 0 Å². The molecule has 0 saturated heterocycles. The molecule has 0 radical (unpaired) electrons. The van der Waals surface area contributed by atoms with Crippen molar-refractivity contribution < 1.29 is 19.1 Å². The van der Waals surface area contributed by atoms with Crippen molar-refractivity contribution in [2.75, 3.05) is 18.7 Å². The van der Waals surface area contributed by atoms with Crippen molar-refractivity contribution >= 4 is 22.8 Å². The molecule has 2 aromatic rings. The van der Waals surface area contributed by atoms with Gasteiger partial charge in [-0.15, -0.1) is 0 Å². The summed E-state index contributed by atoms with van der Waals surface area (Å²) in [5.74, 6) is -0.616. The van der Waals surface area contributed by atoms with Gasteiger partial charge in [-0.2, -0.15) is 0 Å². The van der Waals surface area contributed by atoms with Crippen molar-refractivity contribution in [3.05, 3.63) is 40.1 Å². The molecule has 0 N–H and O–H groups in total. The van der Waals surface area contributed by atoms with Crippen LogP contribution in [0.1, 0.15) is 43.7 Å². The molecule has 2 aromatic heterocycles. The zero-order valence-corrected chi connectivity index (χ0v) is 15.8. The smallest absolute Gasteiger partial charge is 0.429 e. The number of esters is 1. The summed E-state index contributed by atoms with van der Waals surface area (Å²) in [6.07, 6.45) is 2.20. The molecule has 0 bridgehead atoms. The first kappa shape index (κ1) is 19.4. The van der Waals surface area contributed by atoms with E-state index in [9.17, 15) is 14.4 Å². The van der Waals surface area contributed by atoms with E-state index in [-0.39, 0.29) is 23.2 Å². The average molecular weight is 361 g/mol. The van der Waals surface area contributed by atoms with Gasteiger partial charge in [-0.05, 0) is 40.7 Å². The van der Waals surface area contributed by atoms with Gasteiger partial charge in [0, 0.05) is 24.3 Å². The lowest BCUT2D eigenvalue weighted by Gasteiger charge is -2.29. The van der Waals surface area contributed by atoms with Crippen LogP contribution < -0.4 is 10.6 Å². The number of hydrogen-bond donors (Lipinski definition) is 0. The molecule has 0 fully saturated rings. The highest BCUT2D eigenvalue weighted by atomic mass is 16.6. The summed E-state index contributed by atoms with van der Waals surface area (Å²) in [5.41, 5.74) is -0.721. The van der Waals surface area contributed by atoms with Gasteiger partial charge >= 0.3 is 12.1 Å². The number of fused-ring (bicyclic) bond motifs is 1. The van der Waals surface area contributed by atoms with Gasteiger partial charge in [0.1, 0.15) is 5.60 Å². The zero-order chi connectivity index (χ0) is 19.6. The van der Waals surface area contributed by atoms with Crippen LogP contribution >= 0.6 is 0 Å². The molecule has 0 aliphatic rings. The quantitative estimate of drug-likeness (QED) is 0.780. The Morgan fingerprint density at radius 2 is 1.92 bits per heavy atom. The number of carbonyl (C=O) groups excluding carboxylic acids is 2. The standard InChI is InChI=1S/C18H23N3O5/c1-7-20(17(24)26-18(3,4)5)21-11(2)14(16(23)25-6)13-10-19-9-8-12(13)15(21)22/h8-10H,7H2,1-6H3. The normalized spacial score (nSPS) is 11.3. The Hall–Kier alpha value is -2.90. The molecule has 0 aliphatic heterocycles. The van der Waals surface area contributed by atoms with Crippen molar-refractivity contribution in [3.63, 3.8) is 0 Å². The lowest BCUT2D eigenvalue weighted by Crippen LogP contribution is -2.50. The molecular formula is C18H23N3O5. The molecule has 0 aromatic carbocycles. The fourth-order valence-corrected chi connectivity index (χ4v) is 2.66. The van der Waals surface area contributed by atoms with E-state index in [4.69, 9.17) is 9.47 Å². The van der Waals surface area contributed by atoms with Gasteiger partial charge in [0.25, 0.3) is 5.56 Å². The fraction of sp³-hybridized carbons (Fsp3) is 0.444. The molecule has 140 valence electrons. The second-order valence-corrected chi connectivity index (χ2v) is 6.69. The number of rotatable bonds is 3.